The molecule has 168 valence electrons. The molecule has 3 rings (SSSR count). The average Bonchev–Trinajstić information content (AvgIpc) is 2.75. The van der Waals surface area contributed by atoms with Crippen LogP contribution in [-0.2, 0) is 19.2 Å². The fourth-order valence-electron chi connectivity index (χ4n) is 5.54. The zero-order valence-corrected chi connectivity index (χ0v) is 17.5. The van der Waals surface area contributed by atoms with Gasteiger partial charge in [0.05, 0.1) is 23.7 Å². The third-order valence-electron chi connectivity index (χ3n) is 7.26. The van der Waals surface area contributed by atoms with Crippen molar-refractivity contribution in [3.63, 3.8) is 0 Å². The van der Waals surface area contributed by atoms with Crippen LogP contribution in [0.2, 0.25) is 0 Å². The summed E-state index contributed by atoms with van der Waals surface area (Å²) in [5, 5.41) is 25.0. The summed E-state index contributed by atoms with van der Waals surface area (Å²) in [4.78, 5) is 48.9. The molecule has 0 aromatic rings. The van der Waals surface area contributed by atoms with Gasteiger partial charge < -0.3 is 20.8 Å². The van der Waals surface area contributed by atoms with Crippen molar-refractivity contribution in [1.29, 1.82) is 0 Å². The smallest absolute Gasteiger partial charge is 0.307 e. The molecule has 0 saturated heterocycles. The Morgan fingerprint density at radius 1 is 0.500 bits per heavy atom. The zero-order valence-electron chi connectivity index (χ0n) is 17.5. The molecule has 6 atom stereocenters. The van der Waals surface area contributed by atoms with E-state index >= 15 is 0 Å². The van der Waals surface area contributed by atoms with Crippen molar-refractivity contribution in [2.24, 2.45) is 23.7 Å². The minimum Gasteiger partial charge on any atom is -0.481 e. The first-order valence-electron chi connectivity index (χ1n) is 11.4. The van der Waals surface area contributed by atoms with Gasteiger partial charge >= 0.3 is 11.9 Å². The van der Waals surface area contributed by atoms with Crippen LogP contribution in [0.25, 0.3) is 0 Å². The van der Waals surface area contributed by atoms with Crippen molar-refractivity contribution in [2.75, 3.05) is 0 Å². The second-order valence-electron chi connectivity index (χ2n) is 9.19. The zero-order chi connectivity index (χ0) is 21.7. The van der Waals surface area contributed by atoms with Gasteiger partial charge in [-0.15, -0.1) is 0 Å². The molecule has 4 N–H and O–H groups in total. The number of hydrogen-bond donors (Lipinski definition) is 4. The number of carbonyl (C=O) groups excluding carboxylic acids is 2. The summed E-state index contributed by atoms with van der Waals surface area (Å²) in [6.07, 6.45) is 8.90. The van der Waals surface area contributed by atoms with E-state index in [-0.39, 0.29) is 23.9 Å². The molecule has 0 spiro atoms. The van der Waals surface area contributed by atoms with Crippen LogP contribution in [0.1, 0.15) is 77.0 Å². The third kappa shape index (κ3) is 5.32. The molecule has 0 aliphatic heterocycles. The number of carboxylic acid groups (broad SMARTS) is 2. The van der Waals surface area contributed by atoms with Crippen molar-refractivity contribution < 1.29 is 29.4 Å². The Morgan fingerprint density at radius 3 is 1.13 bits per heavy atom. The molecule has 0 aromatic heterocycles. The summed E-state index contributed by atoms with van der Waals surface area (Å²) in [5.41, 5.74) is 0. The van der Waals surface area contributed by atoms with Crippen molar-refractivity contribution >= 4 is 23.8 Å². The highest BCUT2D eigenvalue weighted by molar-refractivity contribution is 5.86. The Balaban J connectivity index is 1.63. The fraction of sp³-hybridized carbons (Fsp3) is 0.818. The number of aliphatic carboxylic acids is 2. The van der Waals surface area contributed by atoms with Gasteiger partial charge in [0, 0.05) is 12.1 Å². The van der Waals surface area contributed by atoms with Crippen LogP contribution in [0.4, 0.5) is 0 Å². The second-order valence-corrected chi connectivity index (χ2v) is 9.19. The third-order valence-corrected chi connectivity index (χ3v) is 7.26. The van der Waals surface area contributed by atoms with Crippen molar-refractivity contribution in [3.8, 4) is 0 Å². The van der Waals surface area contributed by atoms with Gasteiger partial charge in [-0.25, -0.2) is 0 Å². The van der Waals surface area contributed by atoms with E-state index in [0.717, 1.165) is 51.4 Å². The van der Waals surface area contributed by atoms with Crippen LogP contribution >= 0.6 is 0 Å². The molecule has 30 heavy (non-hydrogen) atoms. The highest BCUT2D eigenvalue weighted by Gasteiger charge is 2.40. The summed E-state index contributed by atoms with van der Waals surface area (Å²) < 4.78 is 0. The van der Waals surface area contributed by atoms with Gasteiger partial charge in [-0.05, 0) is 38.5 Å². The lowest BCUT2D eigenvalue weighted by molar-refractivity contribution is -0.149. The predicted molar refractivity (Wildman–Crippen MR) is 108 cm³/mol. The number of hydrogen-bond acceptors (Lipinski definition) is 4. The monoisotopic (exact) mass is 422 g/mol. The quantitative estimate of drug-likeness (QED) is 0.519. The molecule has 3 saturated carbocycles. The van der Waals surface area contributed by atoms with Crippen molar-refractivity contribution in [2.45, 2.75) is 89.1 Å². The lowest BCUT2D eigenvalue weighted by Gasteiger charge is -2.37. The van der Waals surface area contributed by atoms with Gasteiger partial charge in [0.1, 0.15) is 0 Å². The van der Waals surface area contributed by atoms with Gasteiger partial charge in [0.2, 0.25) is 11.8 Å². The van der Waals surface area contributed by atoms with Crippen LogP contribution < -0.4 is 10.6 Å². The van der Waals surface area contributed by atoms with E-state index in [9.17, 15) is 29.4 Å². The van der Waals surface area contributed by atoms with Gasteiger partial charge in [0.25, 0.3) is 0 Å². The lowest BCUT2D eigenvalue weighted by atomic mass is 9.77. The largest absolute Gasteiger partial charge is 0.481 e. The molecule has 0 radical (unpaired) electrons. The second kappa shape index (κ2) is 10.3. The maximum absolute atomic E-state index is 12.9. The number of rotatable bonds is 6. The normalized spacial score (nSPS) is 34.5. The van der Waals surface area contributed by atoms with E-state index in [1.807, 2.05) is 0 Å². The van der Waals surface area contributed by atoms with E-state index in [2.05, 4.69) is 10.6 Å². The molecular weight excluding hydrogens is 388 g/mol. The molecule has 0 bridgehead atoms. The van der Waals surface area contributed by atoms with Gasteiger partial charge in [0.15, 0.2) is 0 Å². The molecule has 0 unspecified atom stereocenters. The van der Waals surface area contributed by atoms with Gasteiger partial charge in [-0.1, -0.05) is 38.5 Å². The minimum absolute atomic E-state index is 0.227. The molecule has 2 amide bonds. The fourth-order valence-corrected chi connectivity index (χ4v) is 5.54. The van der Waals surface area contributed by atoms with Crippen molar-refractivity contribution in [3.05, 3.63) is 0 Å². The highest BCUT2D eigenvalue weighted by atomic mass is 16.4. The van der Waals surface area contributed by atoms with Gasteiger partial charge in [-0.2, -0.15) is 0 Å². The summed E-state index contributed by atoms with van der Waals surface area (Å²) in [5.74, 6) is -4.62. The average molecular weight is 423 g/mol. The SMILES string of the molecule is O=C(O)[C@H]1CCCC[C@H]1C(=O)N[C@H]1CCCC[C@@H]1NC(=O)[C@H]1CCCC[C@H]1C(=O)O. The van der Waals surface area contributed by atoms with Crippen LogP contribution in [0, 0.1) is 23.7 Å². The van der Waals surface area contributed by atoms with Crippen molar-refractivity contribution in [1.82, 2.24) is 10.6 Å². The number of nitrogens with one attached hydrogen (secondary N) is 2. The van der Waals surface area contributed by atoms with E-state index in [4.69, 9.17) is 0 Å². The van der Waals surface area contributed by atoms with E-state index in [1.165, 1.54) is 0 Å². The molecular formula is C22H34N2O6. The topological polar surface area (TPSA) is 133 Å². The molecule has 0 aromatic carbocycles. The first-order chi connectivity index (χ1) is 14.4. The number of amides is 2. The van der Waals surface area contributed by atoms with E-state index < -0.39 is 35.6 Å². The van der Waals surface area contributed by atoms with Crippen LogP contribution in [0.15, 0.2) is 0 Å². The molecule has 3 fully saturated rings. The van der Waals surface area contributed by atoms with Crippen LogP contribution in [-0.4, -0.2) is 46.0 Å². The molecule has 0 heterocycles. The Kier molecular flexibility index (Phi) is 7.72. The minimum atomic E-state index is -0.916. The molecule has 8 nitrogen and oxygen atoms in total. The maximum atomic E-state index is 12.9. The molecule has 8 heteroatoms. The Hall–Kier alpha value is -2.12. The first-order valence-corrected chi connectivity index (χ1v) is 11.4. The Bertz CT molecular complexity index is 610. The predicted octanol–water partition coefficient (Wildman–Crippen LogP) is 2.31. The summed E-state index contributed by atoms with van der Waals surface area (Å²) in [7, 11) is 0. The summed E-state index contributed by atoms with van der Waals surface area (Å²) in [6.45, 7) is 0. The first kappa shape index (κ1) is 22.6. The molecule has 3 aliphatic rings. The standard InChI is InChI=1S/C22H34N2O6/c25-19(13-7-1-3-9-15(13)21(27)28)23-17-11-5-6-12-18(17)24-20(26)14-8-2-4-10-16(14)22(29)30/h13-18H,1-12H2,(H,23,25)(H,24,26)(H,27,28)(H,29,30)/t13-,14+,15+,16-,17-,18-/m0/s1. The Labute approximate surface area is 177 Å². The van der Waals surface area contributed by atoms with E-state index in [1.54, 1.807) is 0 Å². The summed E-state index contributed by atoms with van der Waals surface area (Å²) >= 11 is 0. The van der Waals surface area contributed by atoms with Crippen LogP contribution in [0.5, 0.6) is 0 Å². The summed E-state index contributed by atoms with van der Waals surface area (Å²) in [6, 6.07) is -0.475. The highest BCUT2D eigenvalue weighted by Crippen LogP contribution is 2.32. The van der Waals surface area contributed by atoms with Crippen LogP contribution in [0.3, 0.4) is 0 Å². The number of carboxylic acids is 2. The maximum Gasteiger partial charge on any atom is 0.307 e. The Morgan fingerprint density at radius 2 is 0.800 bits per heavy atom. The number of carbonyl (C=O) groups is 4. The van der Waals surface area contributed by atoms with Gasteiger partial charge in [-0.3, -0.25) is 19.2 Å². The molecule has 3 aliphatic carbocycles. The van der Waals surface area contributed by atoms with E-state index in [0.29, 0.717) is 25.7 Å². The lowest BCUT2D eigenvalue weighted by Crippen LogP contribution is -2.56.